The molecule has 0 aliphatic carbocycles. The van der Waals surface area contributed by atoms with Crippen LogP contribution in [0.3, 0.4) is 0 Å². The molecule has 0 bridgehead atoms. The van der Waals surface area contributed by atoms with Crippen LogP contribution < -0.4 is 5.32 Å². The van der Waals surface area contributed by atoms with E-state index in [-0.39, 0.29) is 12.5 Å². The van der Waals surface area contributed by atoms with E-state index in [0.717, 1.165) is 0 Å². The highest BCUT2D eigenvalue weighted by Crippen LogP contribution is 2.19. The van der Waals surface area contributed by atoms with Gasteiger partial charge in [0.15, 0.2) is 0 Å². The molecule has 90 valence electrons. The lowest BCUT2D eigenvalue weighted by molar-refractivity contribution is -0.119. The quantitative estimate of drug-likeness (QED) is 0.632. The predicted octanol–water partition coefficient (Wildman–Crippen LogP) is -0.741. The van der Waals surface area contributed by atoms with Gasteiger partial charge in [-0.05, 0) is 6.92 Å². The minimum Gasteiger partial charge on any atom is -0.388 e. The van der Waals surface area contributed by atoms with Gasteiger partial charge in [0.25, 0.3) is 0 Å². The van der Waals surface area contributed by atoms with Gasteiger partial charge in [-0.1, -0.05) is 0 Å². The molecule has 0 spiro atoms. The summed E-state index contributed by atoms with van der Waals surface area (Å²) in [7, 11) is 1.74. The molecule has 1 rings (SSSR count). The Labute approximate surface area is 93.9 Å². The number of rotatable bonds is 4. The van der Waals surface area contributed by atoms with Gasteiger partial charge in [-0.15, -0.1) is 0 Å². The molecule has 1 aromatic heterocycles. The number of aliphatic hydroxyl groups is 2. The zero-order chi connectivity index (χ0) is 12.3. The Kier molecular flexibility index (Phi) is 4.03. The van der Waals surface area contributed by atoms with Crippen LogP contribution >= 0.6 is 0 Å². The van der Waals surface area contributed by atoms with Crippen LogP contribution in [0.2, 0.25) is 0 Å². The molecule has 0 radical (unpaired) electrons. The zero-order valence-electron chi connectivity index (χ0n) is 9.64. The Morgan fingerprint density at radius 2 is 2.25 bits per heavy atom. The second-order valence-electron chi connectivity index (χ2n) is 3.79. The molecule has 6 nitrogen and oxygen atoms in total. The molecular formula is C10H17N3O3. The molecular weight excluding hydrogens is 210 g/mol. The lowest BCUT2D eigenvalue weighted by Crippen LogP contribution is -2.34. The molecule has 0 aliphatic rings. The maximum atomic E-state index is 10.7. The number of carbonyl (C=O) groups excluding carboxylic acids is 1. The highest BCUT2D eigenvalue weighted by molar-refractivity contribution is 5.72. The van der Waals surface area contributed by atoms with Crippen molar-refractivity contribution < 1.29 is 15.0 Å². The van der Waals surface area contributed by atoms with E-state index in [2.05, 4.69) is 10.4 Å². The highest BCUT2D eigenvalue weighted by Gasteiger charge is 2.22. The van der Waals surface area contributed by atoms with Gasteiger partial charge in [0, 0.05) is 32.3 Å². The molecule has 6 heteroatoms. The molecule has 0 aliphatic heterocycles. The van der Waals surface area contributed by atoms with Crippen LogP contribution in [0.25, 0.3) is 0 Å². The molecule has 1 heterocycles. The van der Waals surface area contributed by atoms with Crippen molar-refractivity contribution in [3.8, 4) is 0 Å². The molecule has 0 fully saturated rings. The van der Waals surface area contributed by atoms with E-state index in [1.165, 1.54) is 6.92 Å². The topological polar surface area (TPSA) is 87.4 Å². The Morgan fingerprint density at radius 1 is 1.62 bits per heavy atom. The number of aliphatic hydroxyl groups excluding tert-OH is 2. The predicted molar refractivity (Wildman–Crippen MR) is 57.6 cm³/mol. The summed E-state index contributed by atoms with van der Waals surface area (Å²) in [5, 5.41) is 26.0. The van der Waals surface area contributed by atoms with Crippen molar-refractivity contribution in [1.29, 1.82) is 0 Å². The summed E-state index contributed by atoms with van der Waals surface area (Å²) in [5.41, 5.74) is 1.23. The first-order valence-electron chi connectivity index (χ1n) is 5.02. The van der Waals surface area contributed by atoms with Gasteiger partial charge in [0.1, 0.15) is 12.2 Å². The van der Waals surface area contributed by atoms with E-state index >= 15 is 0 Å². The summed E-state index contributed by atoms with van der Waals surface area (Å²) < 4.78 is 1.57. The largest absolute Gasteiger partial charge is 0.388 e. The number of amides is 1. The van der Waals surface area contributed by atoms with Crippen molar-refractivity contribution >= 4 is 5.91 Å². The van der Waals surface area contributed by atoms with Crippen molar-refractivity contribution in [1.82, 2.24) is 15.1 Å². The van der Waals surface area contributed by atoms with Crippen molar-refractivity contribution in [3.05, 3.63) is 17.5 Å². The van der Waals surface area contributed by atoms with E-state index in [0.29, 0.717) is 11.3 Å². The molecule has 1 amide bonds. The third kappa shape index (κ3) is 3.04. The molecule has 1 aromatic rings. The van der Waals surface area contributed by atoms with Crippen molar-refractivity contribution in [2.75, 3.05) is 6.54 Å². The number of hydrogen-bond acceptors (Lipinski definition) is 4. The normalized spacial score (nSPS) is 14.6. The lowest BCUT2D eigenvalue weighted by atomic mass is 10.1. The summed E-state index contributed by atoms with van der Waals surface area (Å²) in [5.74, 6) is -0.242. The lowest BCUT2D eigenvalue weighted by Gasteiger charge is -2.17. The fourth-order valence-electron chi connectivity index (χ4n) is 1.48. The van der Waals surface area contributed by atoms with Gasteiger partial charge in [-0.3, -0.25) is 9.48 Å². The molecule has 2 atom stereocenters. The van der Waals surface area contributed by atoms with Crippen LogP contribution in [0.1, 0.15) is 24.3 Å². The van der Waals surface area contributed by atoms with E-state index in [4.69, 9.17) is 0 Å². The Bertz CT molecular complexity index is 375. The average Bonchev–Trinajstić information content (AvgIpc) is 2.53. The third-order valence-corrected chi connectivity index (χ3v) is 2.29. The number of hydrogen-bond donors (Lipinski definition) is 3. The second kappa shape index (κ2) is 5.09. The summed E-state index contributed by atoms with van der Waals surface area (Å²) in [6, 6.07) is 0. The van der Waals surface area contributed by atoms with Crippen molar-refractivity contribution in [3.63, 3.8) is 0 Å². The number of carbonyl (C=O) groups is 1. The highest BCUT2D eigenvalue weighted by atomic mass is 16.3. The molecule has 3 N–H and O–H groups in total. The zero-order valence-corrected chi connectivity index (χ0v) is 9.64. The van der Waals surface area contributed by atoms with Gasteiger partial charge in [-0.2, -0.15) is 5.10 Å². The number of aromatic nitrogens is 2. The first kappa shape index (κ1) is 12.7. The van der Waals surface area contributed by atoms with Crippen LogP contribution in [-0.2, 0) is 11.8 Å². The minimum atomic E-state index is -1.04. The molecule has 0 saturated carbocycles. The van der Waals surface area contributed by atoms with E-state index < -0.39 is 12.2 Å². The van der Waals surface area contributed by atoms with Crippen molar-refractivity contribution in [2.24, 2.45) is 7.05 Å². The van der Waals surface area contributed by atoms with E-state index in [1.54, 1.807) is 24.9 Å². The number of nitrogens with zero attached hydrogens (tertiary/aromatic N) is 2. The Balaban J connectivity index is 2.66. The standard InChI is InChI=1S/C10H17N3O3/c1-6-8(5-13(3)12-6)10(16)9(15)4-11-7(2)14/h5,9-10,15-16H,4H2,1-3H3,(H,11,14). The van der Waals surface area contributed by atoms with E-state index in [1.807, 2.05) is 0 Å². The van der Waals surface area contributed by atoms with E-state index in [9.17, 15) is 15.0 Å². The third-order valence-electron chi connectivity index (χ3n) is 2.29. The fraction of sp³-hybridized carbons (Fsp3) is 0.600. The first-order valence-corrected chi connectivity index (χ1v) is 5.02. The summed E-state index contributed by atoms with van der Waals surface area (Å²) >= 11 is 0. The smallest absolute Gasteiger partial charge is 0.216 e. The number of nitrogens with one attached hydrogen (secondary N) is 1. The maximum absolute atomic E-state index is 10.7. The Hall–Kier alpha value is -1.40. The average molecular weight is 227 g/mol. The maximum Gasteiger partial charge on any atom is 0.216 e. The summed E-state index contributed by atoms with van der Waals surface area (Å²) in [4.78, 5) is 10.7. The molecule has 2 unspecified atom stereocenters. The number of aryl methyl sites for hydroxylation is 2. The second-order valence-corrected chi connectivity index (χ2v) is 3.79. The van der Waals surface area contributed by atoms with Crippen LogP contribution in [0, 0.1) is 6.92 Å². The summed E-state index contributed by atoms with van der Waals surface area (Å²) in [6.07, 6.45) is -0.427. The van der Waals surface area contributed by atoms with Gasteiger partial charge in [-0.25, -0.2) is 0 Å². The van der Waals surface area contributed by atoms with Crippen LogP contribution in [-0.4, -0.2) is 38.5 Å². The monoisotopic (exact) mass is 227 g/mol. The van der Waals surface area contributed by atoms with Crippen LogP contribution in [0.4, 0.5) is 0 Å². The molecule has 0 saturated heterocycles. The van der Waals surface area contributed by atoms with Crippen molar-refractivity contribution in [2.45, 2.75) is 26.1 Å². The summed E-state index contributed by atoms with van der Waals surface area (Å²) in [6.45, 7) is 3.13. The van der Waals surface area contributed by atoms with Gasteiger partial charge < -0.3 is 15.5 Å². The van der Waals surface area contributed by atoms with Gasteiger partial charge in [0.2, 0.25) is 5.91 Å². The first-order chi connectivity index (χ1) is 7.41. The van der Waals surface area contributed by atoms with Crippen LogP contribution in [0.5, 0.6) is 0 Å². The SMILES string of the molecule is CC(=O)NCC(O)C(O)c1cn(C)nc1C. The van der Waals surface area contributed by atoms with Gasteiger partial charge in [0.05, 0.1) is 5.69 Å². The molecule has 0 aromatic carbocycles. The molecule has 16 heavy (non-hydrogen) atoms. The fourth-order valence-corrected chi connectivity index (χ4v) is 1.48. The van der Waals surface area contributed by atoms with Gasteiger partial charge >= 0.3 is 0 Å². The van der Waals surface area contributed by atoms with Crippen LogP contribution in [0.15, 0.2) is 6.20 Å². The minimum absolute atomic E-state index is 0.0187. The Morgan fingerprint density at radius 3 is 2.69 bits per heavy atom.